The van der Waals surface area contributed by atoms with Crippen LogP contribution in [0.3, 0.4) is 0 Å². The summed E-state index contributed by atoms with van der Waals surface area (Å²) in [6.07, 6.45) is 0.129. The number of carbonyl (C=O) groups is 3. The number of hydrogen-bond acceptors (Lipinski definition) is 5. The van der Waals surface area contributed by atoms with Crippen LogP contribution in [0.1, 0.15) is 26.2 Å². The molecule has 80 valence electrons. The molecule has 0 fully saturated rings. The molecule has 0 radical (unpaired) electrons. The van der Waals surface area contributed by atoms with Crippen LogP contribution in [-0.4, -0.2) is 29.1 Å². The van der Waals surface area contributed by atoms with E-state index in [-0.39, 0.29) is 6.42 Å². The van der Waals surface area contributed by atoms with E-state index in [1.807, 2.05) is 0 Å². The number of nitrogens with two attached hydrogens (primary N) is 1. The fourth-order valence-corrected chi connectivity index (χ4v) is 0.714. The first-order valence-corrected chi connectivity index (χ1v) is 4.19. The Morgan fingerprint density at radius 1 is 1.43 bits per heavy atom. The first-order valence-electron chi connectivity index (χ1n) is 4.19. The minimum Gasteiger partial charge on any atom is -0.481 e. The highest BCUT2D eigenvalue weighted by Gasteiger charge is 2.20. The average molecular weight is 203 g/mol. The third kappa shape index (κ3) is 5.26. The summed E-state index contributed by atoms with van der Waals surface area (Å²) in [5.41, 5.74) is 5.16. The van der Waals surface area contributed by atoms with Crippen LogP contribution in [0, 0.1) is 0 Å². The molecular weight excluding hydrogens is 190 g/mol. The number of carboxylic acid groups (broad SMARTS) is 1. The Morgan fingerprint density at radius 2 is 2.00 bits per heavy atom. The molecule has 0 saturated heterocycles. The number of aliphatic carboxylic acids is 1. The summed E-state index contributed by atoms with van der Waals surface area (Å²) < 4.78 is 4.29. The summed E-state index contributed by atoms with van der Waals surface area (Å²) in [6, 6.07) is -1.28. The quantitative estimate of drug-likeness (QED) is 0.467. The Morgan fingerprint density at radius 3 is 2.43 bits per heavy atom. The van der Waals surface area contributed by atoms with Crippen LogP contribution in [0.5, 0.6) is 0 Å². The van der Waals surface area contributed by atoms with Gasteiger partial charge in [-0.1, -0.05) is 6.92 Å². The molecule has 0 aromatic rings. The van der Waals surface area contributed by atoms with Gasteiger partial charge in [-0.15, -0.1) is 0 Å². The van der Waals surface area contributed by atoms with E-state index in [0.29, 0.717) is 6.42 Å². The van der Waals surface area contributed by atoms with Crippen LogP contribution in [-0.2, 0) is 19.1 Å². The Kier molecular flexibility index (Phi) is 5.47. The molecule has 6 heteroatoms. The maximum absolute atomic E-state index is 10.9. The van der Waals surface area contributed by atoms with Crippen molar-refractivity contribution in [1.29, 1.82) is 0 Å². The first kappa shape index (κ1) is 12.6. The van der Waals surface area contributed by atoms with Crippen molar-refractivity contribution in [2.45, 2.75) is 32.2 Å². The molecule has 0 aromatic carbocycles. The van der Waals surface area contributed by atoms with Crippen LogP contribution in [0.4, 0.5) is 0 Å². The highest BCUT2D eigenvalue weighted by atomic mass is 16.6. The zero-order valence-corrected chi connectivity index (χ0v) is 7.86. The van der Waals surface area contributed by atoms with Crippen molar-refractivity contribution < 1.29 is 24.2 Å². The van der Waals surface area contributed by atoms with E-state index in [1.165, 1.54) is 0 Å². The van der Waals surface area contributed by atoms with Crippen LogP contribution >= 0.6 is 0 Å². The van der Waals surface area contributed by atoms with E-state index in [9.17, 15) is 14.4 Å². The molecule has 0 unspecified atom stereocenters. The Hall–Kier alpha value is -1.43. The summed E-state index contributed by atoms with van der Waals surface area (Å²) in [7, 11) is 0. The van der Waals surface area contributed by atoms with E-state index in [1.54, 1.807) is 6.92 Å². The smallest absolute Gasteiger partial charge is 0.331 e. The van der Waals surface area contributed by atoms with Gasteiger partial charge in [0.15, 0.2) is 0 Å². The third-order valence-corrected chi connectivity index (χ3v) is 1.37. The zero-order valence-electron chi connectivity index (χ0n) is 7.86. The van der Waals surface area contributed by atoms with E-state index in [0.717, 1.165) is 0 Å². The fraction of sp³-hybridized carbons (Fsp3) is 0.625. The number of carboxylic acids is 1. The summed E-state index contributed by atoms with van der Waals surface area (Å²) in [6.45, 7) is 1.75. The maximum atomic E-state index is 10.9. The van der Waals surface area contributed by atoms with Crippen molar-refractivity contribution in [3.63, 3.8) is 0 Å². The molecule has 0 bridgehead atoms. The highest BCUT2D eigenvalue weighted by Crippen LogP contribution is 1.96. The number of carbonyl (C=O) groups excluding carboxylic acids is 2. The van der Waals surface area contributed by atoms with Gasteiger partial charge in [-0.05, 0) is 6.42 Å². The molecular formula is C8H13NO5. The van der Waals surface area contributed by atoms with Crippen molar-refractivity contribution in [1.82, 2.24) is 0 Å². The van der Waals surface area contributed by atoms with Gasteiger partial charge in [0.25, 0.3) is 0 Å². The number of esters is 2. The molecule has 1 atom stereocenters. The molecule has 0 aromatic heterocycles. The maximum Gasteiger partial charge on any atom is 0.331 e. The molecule has 0 aliphatic carbocycles. The normalized spacial score (nSPS) is 11.9. The number of hydrogen-bond donors (Lipinski definition) is 2. The Bertz CT molecular complexity index is 238. The molecule has 0 rings (SSSR count). The van der Waals surface area contributed by atoms with Crippen LogP contribution in [0.15, 0.2) is 0 Å². The lowest BCUT2D eigenvalue weighted by Crippen LogP contribution is -2.35. The Balaban J connectivity index is 3.95. The lowest BCUT2D eigenvalue weighted by Gasteiger charge is -2.06. The Labute approximate surface area is 81.0 Å². The van der Waals surface area contributed by atoms with Crippen molar-refractivity contribution in [3.8, 4) is 0 Å². The predicted octanol–water partition coefficient (Wildman–Crippen LogP) is -0.342. The van der Waals surface area contributed by atoms with Gasteiger partial charge in [0.05, 0.1) is 6.42 Å². The molecule has 6 nitrogen and oxygen atoms in total. The van der Waals surface area contributed by atoms with Crippen molar-refractivity contribution in [2.24, 2.45) is 5.73 Å². The molecule has 0 aliphatic rings. The van der Waals surface area contributed by atoms with E-state index in [2.05, 4.69) is 4.74 Å². The fourth-order valence-electron chi connectivity index (χ4n) is 0.714. The monoisotopic (exact) mass is 203 g/mol. The summed E-state index contributed by atoms with van der Waals surface area (Å²) in [5.74, 6) is -2.89. The van der Waals surface area contributed by atoms with Gasteiger partial charge in [-0.2, -0.15) is 0 Å². The number of rotatable bonds is 5. The SMILES string of the molecule is CCCC(=O)OC(=O)[C@@H](N)CC(=O)O. The summed E-state index contributed by atoms with van der Waals surface area (Å²) in [4.78, 5) is 31.9. The van der Waals surface area contributed by atoms with Crippen LogP contribution in [0.25, 0.3) is 0 Å². The molecule has 0 heterocycles. The second-order valence-electron chi connectivity index (χ2n) is 2.75. The van der Waals surface area contributed by atoms with Gasteiger partial charge in [-0.3, -0.25) is 9.59 Å². The van der Waals surface area contributed by atoms with Crippen LogP contribution in [0.2, 0.25) is 0 Å². The van der Waals surface area contributed by atoms with E-state index in [4.69, 9.17) is 10.8 Å². The summed E-state index contributed by atoms with van der Waals surface area (Å²) in [5, 5.41) is 8.30. The van der Waals surface area contributed by atoms with Gasteiger partial charge in [0.2, 0.25) is 0 Å². The van der Waals surface area contributed by atoms with Crippen molar-refractivity contribution >= 4 is 17.9 Å². The first-order chi connectivity index (χ1) is 6.47. The van der Waals surface area contributed by atoms with E-state index >= 15 is 0 Å². The van der Waals surface area contributed by atoms with Gasteiger partial charge in [0.1, 0.15) is 6.04 Å². The van der Waals surface area contributed by atoms with Gasteiger partial charge in [-0.25, -0.2) is 4.79 Å². The molecule has 3 N–H and O–H groups in total. The standard InChI is InChI=1S/C8H13NO5/c1-2-3-7(12)14-8(13)5(9)4-6(10)11/h5H,2-4,9H2,1H3,(H,10,11)/t5-/m0/s1. The summed E-state index contributed by atoms with van der Waals surface area (Å²) >= 11 is 0. The van der Waals surface area contributed by atoms with E-state index < -0.39 is 30.4 Å². The van der Waals surface area contributed by atoms with Crippen LogP contribution < -0.4 is 5.73 Å². The van der Waals surface area contributed by atoms with Crippen molar-refractivity contribution in [3.05, 3.63) is 0 Å². The molecule has 0 amide bonds. The second kappa shape index (κ2) is 6.09. The lowest BCUT2D eigenvalue weighted by molar-refractivity contribution is -0.162. The predicted molar refractivity (Wildman–Crippen MR) is 46.2 cm³/mol. The van der Waals surface area contributed by atoms with Gasteiger partial charge < -0.3 is 15.6 Å². The highest BCUT2D eigenvalue weighted by molar-refractivity contribution is 5.90. The molecule has 14 heavy (non-hydrogen) atoms. The van der Waals surface area contributed by atoms with Gasteiger partial charge >= 0.3 is 17.9 Å². The van der Waals surface area contributed by atoms with Crippen molar-refractivity contribution in [2.75, 3.05) is 0 Å². The second-order valence-corrected chi connectivity index (χ2v) is 2.75. The molecule has 0 spiro atoms. The number of ether oxygens (including phenoxy) is 1. The minimum absolute atomic E-state index is 0.117. The lowest BCUT2D eigenvalue weighted by atomic mass is 10.2. The molecule has 0 aliphatic heterocycles. The zero-order chi connectivity index (χ0) is 11.1. The largest absolute Gasteiger partial charge is 0.481 e. The third-order valence-electron chi connectivity index (χ3n) is 1.37. The average Bonchev–Trinajstić information content (AvgIpc) is 2.02. The van der Waals surface area contributed by atoms with Gasteiger partial charge in [0, 0.05) is 6.42 Å². The minimum atomic E-state index is -1.28. The molecule has 0 saturated carbocycles. The topological polar surface area (TPSA) is 107 Å².